The molecule has 70 heavy (non-hydrogen) atoms. The fourth-order valence-electron chi connectivity index (χ4n) is 6.10. The molecule has 0 saturated carbocycles. The van der Waals surface area contributed by atoms with Gasteiger partial charge in [0, 0.05) is 11.1 Å². The first-order valence-electron chi connectivity index (χ1n) is 18.1. The number of aromatic carboxylic acids is 1. The van der Waals surface area contributed by atoms with Crippen molar-refractivity contribution in [3.05, 3.63) is 84.4 Å². The number of nitrogens with two attached hydrogens (primary N) is 1. The summed E-state index contributed by atoms with van der Waals surface area (Å²) in [6, 6.07) is 10.9. The van der Waals surface area contributed by atoms with E-state index in [1.54, 1.807) is 0 Å². The number of carboxylic acid groups (broad SMARTS) is 1. The topological polar surface area (TPSA) is 493 Å². The van der Waals surface area contributed by atoms with Crippen molar-refractivity contribution < 1.29 is 97.6 Å². The Kier molecular flexibility index (Phi) is 14.0. The molecule has 0 radical (unpaired) electrons. The Hall–Kier alpha value is -7.03. The number of rotatable bonds is 16. The van der Waals surface area contributed by atoms with Crippen LogP contribution in [0.2, 0.25) is 0 Å². The van der Waals surface area contributed by atoms with E-state index in [1.807, 2.05) is 0 Å². The summed E-state index contributed by atoms with van der Waals surface area (Å²) in [5, 5.41) is 52.6. The number of hydrogen-bond acceptors (Lipinski definition) is 23. The summed E-state index contributed by atoms with van der Waals surface area (Å²) in [5.41, 5.74) is 0.896. The highest BCUT2D eigenvalue weighted by Gasteiger charge is 2.28. The number of anilines is 1. The van der Waals surface area contributed by atoms with Gasteiger partial charge in [0.2, 0.25) is 0 Å². The first kappa shape index (κ1) is 52.3. The molecule has 0 aliphatic rings. The van der Waals surface area contributed by atoms with Gasteiger partial charge in [-0.05, 0) is 83.6 Å². The first-order valence-corrected chi connectivity index (χ1v) is 26.8. The Bertz CT molecular complexity index is 4040. The van der Waals surface area contributed by atoms with Gasteiger partial charge >= 0.3 is 16.4 Å². The van der Waals surface area contributed by atoms with Crippen LogP contribution >= 0.6 is 0 Å². The van der Waals surface area contributed by atoms with Gasteiger partial charge in [-0.25, -0.2) is 17.4 Å². The maximum atomic E-state index is 12.8. The molecule has 0 aliphatic heterocycles. The molecule has 0 amide bonds. The van der Waals surface area contributed by atoms with Gasteiger partial charge in [0.15, 0.2) is 21.3 Å². The van der Waals surface area contributed by atoms with Crippen LogP contribution in [0, 0.1) is 0 Å². The molecule has 0 heterocycles. The number of phenols is 2. The number of carbonyl (C=O) groups is 1. The number of phenolic OH excluding ortho intramolecular Hbond substituents is 2. The predicted molar refractivity (Wildman–Crippen MR) is 237 cm³/mol. The highest BCUT2D eigenvalue weighted by atomic mass is 32.3. The maximum absolute atomic E-state index is 12.8. The lowest BCUT2D eigenvalue weighted by Gasteiger charge is -2.12. The molecule has 370 valence electrons. The molecule has 0 unspecified atom stereocenters. The van der Waals surface area contributed by atoms with Gasteiger partial charge in [0.25, 0.3) is 40.5 Å². The van der Waals surface area contributed by atoms with Crippen molar-refractivity contribution in [2.45, 2.75) is 24.5 Å². The van der Waals surface area contributed by atoms with E-state index in [-0.39, 0.29) is 33.4 Å². The minimum absolute atomic E-state index is 0.0135. The van der Waals surface area contributed by atoms with Gasteiger partial charge in [0.1, 0.15) is 31.7 Å². The number of benzene rings is 6. The molecule has 0 aromatic heterocycles. The van der Waals surface area contributed by atoms with Gasteiger partial charge in [-0.1, -0.05) is 6.07 Å². The molecular weight excluding hydrogens is 1060 g/mol. The van der Waals surface area contributed by atoms with Crippen LogP contribution in [0.15, 0.2) is 134 Å². The molecule has 0 atom stereocenters. The van der Waals surface area contributed by atoms with Gasteiger partial charge in [0.05, 0.1) is 50.2 Å². The van der Waals surface area contributed by atoms with E-state index in [4.69, 9.17) is 10.3 Å². The summed E-state index contributed by atoms with van der Waals surface area (Å²) in [4.78, 5) is 5.54. The highest BCUT2D eigenvalue weighted by Crippen LogP contribution is 2.48. The highest BCUT2D eigenvalue weighted by molar-refractivity contribution is 7.91. The van der Waals surface area contributed by atoms with E-state index in [1.165, 1.54) is 24.3 Å². The van der Waals surface area contributed by atoms with Crippen molar-refractivity contribution in [3.63, 3.8) is 0 Å². The van der Waals surface area contributed by atoms with Crippen LogP contribution in [0.4, 0.5) is 39.8 Å². The Morgan fingerprint density at radius 1 is 0.529 bits per heavy atom. The molecule has 6 aromatic carbocycles. The lowest BCUT2D eigenvalue weighted by Crippen LogP contribution is -2.16. The fourth-order valence-corrected chi connectivity index (χ4v) is 10.2. The molecule has 6 rings (SSSR count). The van der Waals surface area contributed by atoms with Gasteiger partial charge < -0.3 is 21.1 Å². The van der Waals surface area contributed by atoms with Crippen molar-refractivity contribution in [2.75, 3.05) is 18.1 Å². The van der Waals surface area contributed by atoms with Gasteiger partial charge in [-0.3, -0.25) is 22.8 Å². The van der Waals surface area contributed by atoms with E-state index < -0.39 is 149 Å². The molecule has 0 fully saturated rings. The SMILES string of the molecule is Nc1ccc(/N=N/c2ccc3cc(S(=O)(=O)O)c(/N=N/c4cc(S(=O)(=O)O)cc5cc(S(=O)(=O)O)c(/N=N/c6ccc(S(=O)(=O)CCOS(=O)(=O)O)cc6S(=O)(=O)O)c(O)c45)c(O)c3c2)cc1C(=O)O. The second-order valence-electron chi connectivity index (χ2n) is 13.9. The van der Waals surface area contributed by atoms with Crippen LogP contribution in [0.1, 0.15) is 10.4 Å². The minimum Gasteiger partial charge on any atom is -0.505 e. The fraction of sp³-hybridized carbons (Fsp3) is 0.0571. The van der Waals surface area contributed by atoms with Crippen molar-refractivity contribution in [1.29, 1.82) is 0 Å². The zero-order valence-corrected chi connectivity index (χ0v) is 38.8. The van der Waals surface area contributed by atoms with Crippen LogP contribution in [0.3, 0.4) is 0 Å². The number of nitrogen functional groups attached to an aromatic ring is 1. The molecule has 35 heteroatoms. The summed E-state index contributed by atoms with van der Waals surface area (Å²) < 4.78 is 200. The van der Waals surface area contributed by atoms with E-state index in [9.17, 15) is 88.8 Å². The minimum atomic E-state index is -5.60. The maximum Gasteiger partial charge on any atom is 0.397 e. The monoisotopic (exact) mass is 1090 g/mol. The number of nitrogens with zero attached hydrogens (tertiary/aromatic N) is 6. The van der Waals surface area contributed by atoms with Crippen molar-refractivity contribution in [1.82, 2.24) is 0 Å². The summed E-state index contributed by atoms with van der Waals surface area (Å²) in [6.07, 6.45) is 0. The average Bonchev–Trinajstić information content (AvgIpc) is 3.23. The third kappa shape index (κ3) is 11.7. The summed E-state index contributed by atoms with van der Waals surface area (Å²) in [5.74, 6) is -5.04. The third-order valence-corrected chi connectivity index (χ3v) is 14.8. The van der Waals surface area contributed by atoms with Crippen LogP contribution < -0.4 is 5.73 Å². The van der Waals surface area contributed by atoms with Crippen molar-refractivity contribution >= 4 is 128 Å². The van der Waals surface area contributed by atoms with E-state index in [2.05, 4.69) is 34.9 Å². The smallest absolute Gasteiger partial charge is 0.397 e. The first-order chi connectivity index (χ1) is 32.2. The van der Waals surface area contributed by atoms with E-state index in [0.29, 0.717) is 36.4 Å². The second-order valence-corrected chi connectivity index (χ2v) is 22.7. The van der Waals surface area contributed by atoms with E-state index >= 15 is 0 Å². The summed E-state index contributed by atoms with van der Waals surface area (Å²) in [7, 11) is -31.5. The van der Waals surface area contributed by atoms with Crippen LogP contribution in [-0.4, -0.2) is 107 Å². The molecule has 0 bridgehead atoms. The zero-order valence-electron chi connectivity index (χ0n) is 33.9. The number of hydrogen-bond donors (Lipinski definition) is 9. The lowest BCUT2D eigenvalue weighted by molar-refractivity contribution is 0.0697. The van der Waals surface area contributed by atoms with Crippen LogP contribution in [-0.2, 0) is 64.9 Å². The Morgan fingerprint density at radius 3 is 1.63 bits per heavy atom. The molecule has 0 spiro atoms. The van der Waals surface area contributed by atoms with Crippen molar-refractivity contribution in [3.8, 4) is 11.5 Å². The molecule has 6 aromatic rings. The number of aromatic hydroxyl groups is 2. The number of carboxylic acids is 1. The van der Waals surface area contributed by atoms with Gasteiger partial charge in [-0.15, -0.1) is 20.5 Å². The summed E-state index contributed by atoms with van der Waals surface area (Å²) in [6.45, 7) is -1.16. The van der Waals surface area contributed by atoms with Crippen LogP contribution in [0.5, 0.6) is 11.5 Å². The second kappa shape index (κ2) is 18.7. The Labute approximate surface area is 392 Å². The average molecular weight is 1090 g/mol. The summed E-state index contributed by atoms with van der Waals surface area (Å²) >= 11 is 0. The lowest BCUT2D eigenvalue weighted by atomic mass is 10.1. The van der Waals surface area contributed by atoms with Crippen LogP contribution in [0.25, 0.3) is 21.5 Å². The zero-order chi connectivity index (χ0) is 52.1. The molecule has 0 saturated heterocycles. The number of sulfone groups is 1. The largest absolute Gasteiger partial charge is 0.505 e. The standard InChI is InChI=1S/C35H27N7O22S6/c36-24-5-3-19(13-23(24)35(45)46)38-37-18-2-1-16-10-28(68(55,56)57)31(33(43)22(16)12-18)41-40-26-14-21(66(49,50)51)9-17-11-29(69(58,59)60)32(34(44)30(17)26)42-39-25-6-4-20(15-27(25)67(52,53)54)65(47,48)8-7-64-70(61,62)63/h1-6,9-15,43-44H,7-8,36H2,(H,45,46)(H,49,50,51)(H,52,53,54)(H,55,56,57)(H,58,59,60)(H,61,62,63)/b38-37+,41-40+,42-39+. The Morgan fingerprint density at radius 2 is 1.07 bits per heavy atom. The Balaban J connectivity index is 1.54. The molecular formula is C35H27N7O22S6. The van der Waals surface area contributed by atoms with Crippen molar-refractivity contribution in [2.24, 2.45) is 30.7 Å². The van der Waals surface area contributed by atoms with E-state index in [0.717, 1.165) is 18.2 Å². The normalized spacial score (nSPS) is 13.3. The third-order valence-electron chi connectivity index (χ3n) is 9.21. The number of azo groups is 3. The molecule has 10 N–H and O–H groups in total. The quantitative estimate of drug-likeness (QED) is 0.0327. The predicted octanol–water partition coefficient (Wildman–Crippen LogP) is 5.51. The molecule has 0 aliphatic carbocycles. The number of fused-ring (bicyclic) bond motifs is 2. The van der Waals surface area contributed by atoms with Gasteiger partial charge in [-0.2, -0.15) is 52.3 Å². The molecule has 29 nitrogen and oxygen atoms in total.